The lowest BCUT2D eigenvalue weighted by Crippen LogP contribution is -2.42. The first-order chi connectivity index (χ1) is 10.1. The Morgan fingerprint density at radius 2 is 2.14 bits per heavy atom. The summed E-state index contributed by atoms with van der Waals surface area (Å²) in [6.07, 6.45) is 8.39. The molecule has 1 aliphatic carbocycles. The highest BCUT2D eigenvalue weighted by Gasteiger charge is 2.32. The molecule has 0 radical (unpaired) electrons. The number of piperidine rings is 1. The molecule has 0 aromatic heterocycles. The number of nitrogens with one attached hydrogen (secondary N) is 1. The van der Waals surface area contributed by atoms with Gasteiger partial charge in [-0.1, -0.05) is 0 Å². The van der Waals surface area contributed by atoms with E-state index in [0.717, 1.165) is 19.4 Å². The summed E-state index contributed by atoms with van der Waals surface area (Å²) in [7, 11) is 1.80. The third kappa shape index (κ3) is 5.94. The predicted octanol–water partition coefficient (Wildman–Crippen LogP) is 2.55. The van der Waals surface area contributed by atoms with Crippen LogP contribution in [0, 0.1) is 17.2 Å². The lowest BCUT2D eigenvalue weighted by Gasteiger charge is -2.32. The van der Waals surface area contributed by atoms with Gasteiger partial charge in [0, 0.05) is 19.7 Å². The van der Waals surface area contributed by atoms with Gasteiger partial charge in [0.25, 0.3) is 0 Å². The summed E-state index contributed by atoms with van der Waals surface area (Å²) in [6.45, 7) is 6.54. The number of ether oxygens (including phenoxy) is 1. The second-order valence-electron chi connectivity index (χ2n) is 7.08. The van der Waals surface area contributed by atoms with E-state index in [1.165, 1.54) is 51.7 Å². The molecule has 0 spiro atoms. The van der Waals surface area contributed by atoms with Gasteiger partial charge in [-0.05, 0) is 70.9 Å². The van der Waals surface area contributed by atoms with Gasteiger partial charge in [-0.3, -0.25) is 5.32 Å². The van der Waals surface area contributed by atoms with Crippen LogP contribution < -0.4 is 5.32 Å². The Hall–Kier alpha value is -0.630. The summed E-state index contributed by atoms with van der Waals surface area (Å²) in [5, 5.41) is 12.9. The van der Waals surface area contributed by atoms with E-state index < -0.39 is 0 Å². The standard InChI is InChI=1S/C17H31N3O/c1-17(14-18,19-16-7-8-16)9-3-4-10-20-11-5-6-15(12-20)13-21-2/h15-16,19H,3-13H2,1-2H3. The molecule has 0 bridgehead atoms. The number of rotatable bonds is 9. The van der Waals surface area contributed by atoms with Crippen LogP contribution in [0.1, 0.15) is 51.9 Å². The summed E-state index contributed by atoms with van der Waals surface area (Å²) in [5.41, 5.74) is -0.318. The molecule has 21 heavy (non-hydrogen) atoms. The van der Waals surface area contributed by atoms with Gasteiger partial charge in [-0.2, -0.15) is 5.26 Å². The van der Waals surface area contributed by atoms with Crippen molar-refractivity contribution in [3.63, 3.8) is 0 Å². The molecule has 1 N–H and O–H groups in total. The molecule has 4 nitrogen and oxygen atoms in total. The van der Waals surface area contributed by atoms with E-state index in [4.69, 9.17) is 4.74 Å². The minimum absolute atomic E-state index is 0.318. The fraction of sp³-hybridized carbons (Fsp3) is 0.941. The van der Waals surface area contributed by atoms with Crippen molar-refractivity contribution in [1.82, 2.24) is 10.2 Å². The zero-order valence-electron chi connectivity index (χ0n) is 13.7. The van der Waals surface area contributed by atoms with Gasteiger partial charge in [0.15, 0.2) is 0 Å². The average Bonchev–Trinajstić information content (AvgIpc) is 3.28. The third-order valence-electron chi connectivity index (χ3n) is 4.75. The SMILES string of the molecule is COCC1CCCN(CCCCC(C)(C#N)NC2CC2)C1. The average molecular weight is 293 g/mol. The lowest BCUT2D eigenvalue weighted by atomic mass is 9.95. The van der Waals surface area contributed by atoms with Crippen LogP contribution in [-0.4, -0.2) is 49.8 Å². The van der Waals surface area contributed by atoms with Crippen LogP contribution in [0.15, 0.2) is 0 Å². The van der Waals surface area contributed by atoms with Crippen molar-refractivity contribution < 1.29 is 4.74 Å². The molecule has 2 aliphatic rings. The zero-order chi connectivity index (χ0) is 15.1. The molecule has 1 heterocycles. The van der Waals surface area contributed by atoms with E-state index in [1.807, 2.05) is 0 Å². The number of unbranched alkanes of at least 4 members (excludes halogenated alkanes) is 1. The molecule has 4 heteroatoms. The molecule has 120 valence electrons. The smallest absolute Gasteiger partial charge is 0.104 e. The Morgan fingerprint density at radius 3 is 2.81 bits per heavy atom. The molecule has 0 aromatic rings. The van der Waals surface area contributed by atoms with Crippen LogP contribution >= 0.6 is 0 Å². The van der Waals surface area contributed by atoms with Gasteiger partial charge < -0.3 is 9.64 Å². The Labute approximate surface area is 129 Å². The quantitative estimate of drug-likeness (QED) is 0.664. The summed E-state index contributed by atoms with van der Waals surface area (Å²) >= 11 is 0. The number of methoxy groups -OCH3 is 1. The number of nitrogens with zero attached hydrogens (tertiary/aromatic N) is 2. The molecule has 0 amide bonds. The number of hydrogen-bond donors (Lipinski definition) is 1. The van der Waals surface area contributed by atoms with E-state index in [2.05, 4.69) is 23.2 Å². The van der Waals surface area contributed by atoms with E-state index in [1.54, 1.807) is 7.11 Å². The van der Waals surface area contributed by atoms with Crippen LogP contribution in [0.3, 0.4) is 0 Å². The van der Waals surface area contributed by atoms with Crippen LogP contribution in [0.5, 0.6) is 0 Å². The topological polar surface area (TPSA) is 48.3 Å². The third-order valence-corrected chi connectivity index (χ3v) is 4.75. The molecular weight excluding hydrogens is 262 g/mol. The molecule has 1 saturated heterocycles. The highest BCUT2D eigenvalue weighted by Crippen LogP contribution is 2.25. The van der Waals surface area contributed by atoms with E-state index in [-0.39, 0.29) is 5.54 Å². The van der Waals surface area contributed by atoms with Crippen molar-refractivity contribution in [2.24, 2.45) is 5.92 Å². The van der Waals surface area contributed by atoms with Gasteiger partial charge >= 0.3 is 0 Å². The van der Waals surface area contributed by atoms with Crippen molar-refractivity contribution in [3.8, 4) is 6.07 Å². The molecule has 0 aromatic carbocycles. The molecule has 1 aliphatic heterocycles. The minimum atomic E-state index is -0.318. The number of nitriles is 1. The van der Waals surface area contributed by atoms with Gasteiger partial charge in [-0.25, -0.2) is 0 Å². The summed E-state index contributed by atoms with van der Waals surface area (Å²) in [4.78, 5) is 2.57. The maximum Gasteiger partial charge on any atom is 0.104 e. The summed E-state index contributed by atoms with van der Waals surface area (Å²) < 4.78 is 5.29. The van der Waals surface area contributed by atoms with Crippen molar-refractivity contribution >= 4 is 0 Å². The maximum absolute atomic E-state index is 9.37. The summed E-state index contributed by atoms with van der Waals surface area (Å²) in [6, 6.07) is 3.07. The maximum atomic E-state index is 9.37. The van der Waals surface area contributed by atoms with Gasteiger partial charge in [-0.15, -0.1) is 0 Å². The lowest BCUT2D eigenvalue weighted by molar-refractivity contribution is 0.0896. The molecule has 2 atom stereocenters. The Kier molecular flexibility index (Phi) is 6.47. The van der Waals surface area contributed by atoms with E-state index in [0.29, 0.717) is 12.0 Å². The Bertz CT molecular complexity index is 348. The highest BCUT2D eigenvalue weighted by molar-refractivity contribution is 5.06. The first kappa shape index (κ1) is 16.7. The molecule has 2 rings (SSSR count). The fourth-order valence-electron chi connectivity index (χ4n) is 3.38. The first-order valence-electron chi connectivity index (χ1n) is 8.55. The molecular formula is C17H31N3O. The van der Waals surface area contributed by atoms with Gasteiger partial charge in [0.1, 0.15) is 5.54 Å². The van der Waals surface area contributed by atoms with E-state index in [9.17, 15) is 5.26 Å². The van der Waals surface area contributed by atoms with Crippen LogP contribution in [0.25, 0.3) is 0 Å². The largest absolute Gasteiger partial charge is 0.384 e. The van der Waals surface area contributed by atoms with E-state index >= 15 is 0 Å². The Morgan fingerprint density at radius 1 is 1.33 bits per heavy atom. The summed E-state index contributed by atoms with van der Waals surface area (Å²) in [5.74, 6) is 0.713. The number of hydrogen-bond acceptors (Lipinski definition) is 4. The van der Waals surface area contributed by atoms with Crippen molar-refractivity contribution in [3.05, 3.63) is 0 Å². The molecule has 1 saturated carbocycles. The molecule has 2 fully saturated rings. The van der Waals surface area contributed by atoms with Crippen LogP contribution in [0.2, 0.25) is 0 Å². The highest BCUT2D eigenvalue weighted by atomic mass is 16.5. The van der Waals surface area contributed by atoms with Crippen molar-refractivity contribution in [2.75, 3.05) is 33.4 Å². The van der Waals surface area contributed by atoms with Crippen molar-refractivity contribution in [1.29, 1.82) is 5.26 Å². The second-order valence-corrected chi connectivity index (χ2v) is 7.08. The predicted molar refractivity (Wildman–Crippen MR) is 85.1 cm³/mol. The van der Waals surface area contributed by atoms with Crippen LogP contribution in [0.4, 0.5) is 0 Å². The normalized spacial score (nSPS) is 26.2. The zero-order valence-corrected chi connectivity index (χ0v) is 13.7. The Balaban J connectivity index is 1.61. The number of likely N-dealkylation sites (tertiary alicyclic amines) is 1. The molecule has 2 unspecified atom stereocenters. The van der Waals surface area contributed by atoms with Gasteiger partial charge in [0.05, 0.1) is 12.7 Å². The van der Waals surface area contributed by atoms with Gasteiger partial charge in [0.2, 0.25) is 0 Å². The second kappa shape index (κ2) is 8.12. The monoisotopic (exact) mass is 293 g/mol. The minimum Gasteiger partial charge on any atom is -0.384 e. The fourth-order valence-corrected chi connectivity index (χ4v) is 3.38. The first-order valence-corrected chi connectivity index (χ1v) is 8.55. The van der Waals surface area contributed by atoms with Crippen molar-refractivity contribution in [2.45, 2.75) is 63.5 Å². The van der Waals surface area contributed by atoms with Crippen LogP contribution in [-0.2, 0) is 4.74 Å².